The monoisotopic (exact) mass is 297 g/mol. The largest absolute Gasteiger partial charge is 0.493 e. The van der Waals surface area contributed by atoms with Gasteiger partial charge < -0.3 is 24.3 Å². The number of benzene rings is 1. The van der Waals surface area contributed by atoms with Crippen LogP contribution in [0.3, 0.4) is 0 Å². The third-order valence-electron chi connectivity index (χ3n) is 3.32. The molecule has 1 unspecified atom stereocenters. The van der Waals surface area contributed by atoms with Crippen LogP contribution in [0.4, 0.5) is 0 Å². The zero-order chi connectivity index (χ0) is 15.7. The molecule has 1 aromatic carbocycles. The van der Waals surface area contributed by atoms with E-state index in [0.29, 0.717) is 29.9 Å². The molecule has 0 saturated heterocycles. The predicted molar refractivity (Wildman–Crippen MR) is 83.5 cm³/mol. The molecule has 5 heteroatoms. The molecular weight excluding hydrogens is 270 g/mol. The molecule has 0 amide bonds. The predicted octanol–water partition coefficient (Wildman–Crippen LogP) is 2.62. The van der Waals surface area contributed by atoms with Gasteiger partial charge in [-0.3, -0.25) is 0 Å². The van der Waals surface area contributed by atoms with Crippen LogP contribution in [0.15, 0.2) is 12.1 Å². The van der Waals surface area contributed by atoms with Crippen LogP contribution in [0.25, 0.3) is 0 Å². The fraction of sp³-hybridized carbons (Fsp3) is 0.625. The van der Waals surface area contributed by atoms with Crippen molar-refractivity contribution in [1.29, 1.82) is 0 Å². The second-order valence-corrected chi connectivity index (χ2v) is 4.86. The maximum atomic E-state index is 5.36. The van der Waals surface area contributed by atoms with E-state index in [1.54, 1.807) is 28.4 Å². The highest BCUT2D eigenvalue weighted by Gasteiger charge is 2.14. The summed E-state index contributed by atoms with van der Waals surface area (Å²) in [5.41, 5.74) is 1.08. The molecule has 0 bridgehead atoms. The van der Waals surface area contributed by atoms with Crippen LogP contribution in [-0.2, 0) is 11.3 Å². The highest BCUT2D eigenvalue weighted by molar-refractivity contribution is 5.53. The molecule has 1 rings (SSSR count). The fourth-order valence-electron chi connectivity index (χ4n) is 2.29. The topological polar surface area (TPSA) is 49.0 Å². The van der Waals surface area contributed by atoms with Crippen molar-refractivity contribution >= 4 is 0 Å². The minimum Gasteiger partial charge on any atom is -0.493 e. The summed E-state index contributed by atoms with van der Waals surface area (Å²) in [6.45, 7) is 3.60. The van der Waals surface area contributed by atoms with Gasteiger partial charge in [-0.15, -0.1) is 0 Å². The van der Waals surface area contributed by atoms with Gasteiger partial charge in [-0.2, -0.15) is 0 Å². The molecule has 0 aliphatic heterocycles. The number of hydrogen-bond donors (Lipinski definition) is 1. The average molecular weight is 297 g/mol. The molecule has 0 spiro atoms. The number of ether oxygens (including phenoxy) is 4. The second kappa shape index (κ2) is 9.47. The van der Waals surface area contributed by atoms with Gasteiger partial charge in [0.2, 0.25) is 5.75 Å². The van der Waals surface area contributed by atoms with Crippen LogP contribution in [0.1, 0.15) is 25.3 Å². The third-order valence-corrected chi connectivity index (χ3v) is 3.32. The van der Waals surface area contributed by atoms with Crippen molar-refractivity contribution in [3.05, 3.63) is 17.7 Å². The molecule has 0 aromatic heterocycles. The fourth-order valence-corrected chi connectivity index (χ4v) is 2.29. The Hall–Kier alpha value is -1.46. The molecule has 0 saturated carbocycles. The van der Waals surface area contributed by atoms with Gasteiger partial charge in [-0.25, -0.2) is 0 Å². The Morgan fingerprint density at radius 1 is 1.00 bits per heavy atom. The lowest BCUT2D eigenvalue weighted by Crippen LogP contribution is -2.32. The molecule has 0 aliphatic carbocycles. The van der Waals surface area contributed by atoms with Gasteiger partial charge in [-0.1, -0.05) is 13.3 Å². The number of hydrogen-bond acceptors (Lipinski definition) is 5. The summed E-state index contributed by atoms with van der Waals surface area (Å²) in [4.78, 5) is 0. The van der Waals surface area contributed by atoms with E-state index >= 15 is 0 Å². The summed E-state index contributed by atoms with van der Waals surface area (Å²) < 4.78 is 21.3. The summed E-state index contributed by atoms with van der Waals surface area (Å²) in [6, 6.07) is 4.27. The van der Waals surface area contributed by atoms with Crippen molar-refractivity contribution < 1.29 is 18.9 Å². The van der Waals surface area contributed by atoms with Crippen LogP contribution in [0.2, 0.25) is 0 Å². The average Bonchev–Trinajstić information content (AvgIpc) is 2.51. The first-order valence-corrected chi connectivity index (χ1v) is 7.21. The SMILES string of the molecule is CCCC(COC)NCc1cc(OC)c(OC)c(OC)c1. The van der Waals surface area contributed by atoms with E-state index in [1.807, 2.05) is 12.1 Å². The Balaban J connectivity index is 2.83. The van der Waals surface area contributed by atoms with Crippen molar-refractivity contribution in [3.8, 4) is 17.2 Å². The summed E-state index contributed by atoms with van der Waals surface area (Å²) in [7, 11) is 6.58. The first kappa shape index (κ1) is 17.6. The Labute approximate surface area is 127 Å². The molecule has 0 aliphatic rings. The molecular formula is C16H27NO4. The Kier molecular flexibility index (Phi) is 7.93. The number of rotatable bonds is 10. The second-order valence-electron chi connectivity index (χ2n) is 4.86. The lowest BCUT2D eigenvalue weighted by molar-refractivity contribution is 0.161. The molecule has 120 valence electrons. The van der Waals surface area contributed by atoms with Gasteiger partial charge in [0.25, 0.3) is 0 Å². The lowest BCUT2D eigenvalue weighted by atomic mass is 10.1. The molecule has 1 N–H and O–H groups in total. The van der Waals surface area contributed by atoms with Crippen LogP contribution >= 0.6 is 0 Å². The third kappa shape index (κ3) is 5.10. The van der Waals surface area contributed by atoms with Gasteiger partial charge in [0.15, 0.2) is 11.5 Å². The van der Waals surface area contributed by atoms with E-state index in [0.717, 1.165) is 24.9 Å². The van der Waals surface area contributed by atoms with Gasteiger partial charge >= 0.3 is 0 Å². The van der Waals surface area contributed by atoms with Crippen molar-refractivity contribution in [1.82, 2.24) is 5.32 Å². The smallest absolute Gasteiger partial charge is 0.203 e. The molecule has 5 nitrogen and oxygen atoms in total. The zero-order valence-corrected chi connectivity index (χ0v) is 13.7. The lowest BCUT2D eigenvalue weighted by Gasteiger charge is -2.19. The summed E-state index contributed by atoms with van der Waals surface area (Å²) in [5.74, 6) is 1.96. The van der Waals surface area contributed by atoms with E-state index in [2.05, 4.69) is 12.2 Å². The normalized spacial score (nSPS) is 12.0. The van der Waals surface area contributed by atoms with Crippen molar-refractivity contribution in [3.63, 3.8) is 0 Å². The van der Waals surface area contributed by atoms with Crippen LogP contribution in [-0.4, -0.2) is 41.1 Å². The first-order valence-electron chi connectivity index (χ1n) is 7.21. The van der Waals surface area contributed by atoms with Crippen LogP contribution in [0.5, 0.6) is 17.2 Å². The minimum absolute atomic E-state index is 0.346. The Morgan fingerprint density at radius 2 is 1.62 bits per heavy atom. The molecule has 1 atom stereocenters. The molecule has 0 fully saturated rings. The van der Waals surface area contributed by atoms with Crippen molar-refractivity contribution in [2.45, 2.75) is 32.4 Å². The van der Waals surface area contributed by atoms with Crippen molar-refractivity contribution in [2.24, 2.45) is 0 Å². The van der Waals surface area contributed by atoms with Gasteiger partial charge in [-0.05, 0) is 24.1 Å². The highest BCUT2D eigenvalue weighted by atomic mass is 16.5. The number of nitrogens with one attached hydrogen (secondary N) is 1. The Bertz CT molecular complexity index is 392. The van der Waals surface area contributed by atoms with Crippen molar-refractivity contribution in [2.75, 3.05) is 35.0 Å². The van der Waals surface area contributed by atoms with E-state index in [9.17, 15) is 0 Å². The quantitative estimate of drug-likeness (QED) is 0.719. The molecule has 1 aromatic rings. The van der Waals surface area contributed by atoms with Crippen LogP contribution < -0.4 is 19.5 Å². The van der Waals surface area contributed by atoms with E-state index in [4.69, 9.17) is 18.9 Å². The van der Waals surface area contributed by atoms with E-state index < -0.39 is 0 Å². The molecule has 21 heavy (non-hydrogen) atoms. The molecule has 0 radical (unpaired) electrons. The minimum atomic E-state index is 0.346. The number of methoxy groups -OCH3 is 4. The highest BCUT2D eigenvalue weighted by Crippen LogP contribution is 2.38. The van der Waals surface area contributed by atoms with E-state index in [1.165, 1.54) is 0 Å². The van der Waals surface area contributed by atoms with Gasteiger partial charge in [0, 0.05) is 19.7 Å². The van der Waals surface area contributed by atoms with Crippen LogP contribution in [0, 0.1) is 0 Å². The summed E-state index contributed by atoms with van der Waals surface area (Å²) >= 11 is 0. The van der Waals surface area contributed by atoms with E-state index in [-0.39, 0.29) is 0 Å². The van der Waals surface area contributed by atoms with Gasteiger partial charge in [0.05, 0.1) is 27.9 Å². The summed E-state index contributed by atoms with van der Waals surface area (Å²) in [6.07, 6.45) is 2.20. The van der Waals surface area contributed by atoms with Gasteiger partial charge in [0.1, 0.15) is 0 Å². The summed E-state index contributed by atoms with van der Waals surface area (Å²) in [5, 5.41) is 3.50. The maximum Gasteiger partial charge on any atom is 0.203 e. The first-order chi connectivity index (χ1) is 10.2. The molecule has 0 heterocycles. The standard InChI is InChI=1S/C16H27NO4/c1-6-7-13(11-18-2)17-10-12-8-14(19-3)16(21-5)15(9-12)20-4/h8-9,13,17H,6-7,10-11H2,1-5H3. The zero-order valence-electron chi connectivity index (χ0n) is 13.7. The maximum absolute atomic E-state index is 5.36. The Morgan fingerprint density at radius 3 is 2.05 bits per heavy atom.